The van der Waals surface area contributed by atoms with E-state index in [2.05, 4.69) is 56.4 Å². The van der Waals surface area contributed by atoms with Crippen molar-refractivity contribution in [3.8, 4) is 11.5 Å². The van der Waals surface area contributed by atoms with Crippen molar-refractivity contribution in [3.63, 3.8) is 0 Å². The lowest BCUT2D eigenvalue weighted by Crippen LogP contribution is -2.31. The number of fused-ring (bicyclic) bond motifs is 3. The van der Waals surface area contributed by atoms with Crippen LogP contribution in [0.2, 0.25) is 5.02 Å². The summed E-state index contributed by atoms with van der Waals surface area (Å²) < 4.78 is 12.6. The van der Waals surface area contributed by atoms with E-state index in [0.29, 0.717) is 5.92 Å². The topological polar surface area (TPSA) is 30.5 Å². The largest absolute Gasteiger partial charge is 0.483 e. The fourth-order valence-corrected chi connectivity index (χ4v) is 3.52. The van der Waals surface area contributed by atoms with Crippen LogP contribution in [0.15, 0.2) is 36.4 Å². The van der Waals surface area contributed by atoms with Crippen molar-refractivity contribution in [3.05, 3.63) is 52.5 Å². The summed E-state index contributed by atoms with van der Waals surface area (Å²) in [4.78, 5) is 0. The standard InChI is InChI=1S/C21H22ClNO2/c1-12(2)19-17(14-4-7-16(22)8-5-14)10-15-6-9-18-21(20(15)25-19)24-13(3)11-23-18/h4-10,12-13,19,23H,11H2,1-3H3/t13-,19?/m1/s1. The van der Waals surface area contributed by atoms with Gasteiger partial charge in [-0.1, -0.05) is 37.6 Å². The molecule has 2 aliphatic heterocycles. The van der Waals surface area contributed by atoms with Crippen molar-refractivity contribution in [1.82, 2.24) is 0 Å². The first-order chi connectivity index (χ1) is 12.0. The molecule has 0 aromatic heterocycles. The highest BCUT2D eigenvalue weighted by atomic mass is 35.5. The summed E-state index contributed by atoms with van der Waals surface area (Å²) in [5.74, 6) is 2.00. The zero-order chi connectivity index (χ0) is 17.6. The van der Waals surface area contributed by atoms with Crippen molar-refractivity contribution >= 4 is 28.9 Å². The van der Waals surface area contributed by atoms with Gasteiger partial charge in [0.05, 0.1) is 12.2 Å². The first kappa shape index (κ1) is 16.3. The Balaban J connectivity index is 1.83. The molecule has 2 atom stereocenters. The Morgan fingerprint density at radius 2 is 1.80 bits per heavy atom. The molecule has 2 aliphatic rings. The normalized spacial score (nSPS) is 21.4. The number of rotatable bonds is 2. The van der Waals surface area contributed by atoms with Crippen LogP contribution in [0.4, 0.5) is 5.69 Å². The van der Waals surface area contributed by atoms with Crippen LogP contribution in [0.25, 0.3) is 11.6 Å². The van der Waals surface area contributed by atoms with E-state index in [0.717, 1.165) is 39.9 Å². The molecule has 0 amide bonds. The molecule has 0 fully saturated rings. The molecule has 4 heteroatoms. The number of ether oxygens (including phenoxy) is 2. The number of benzene rings is 2. The molecule has 1 N–H and O–H groups in total. The van der Waals surface area contributed by atoms with Crippen molar-refractivity contribution in [2.24, 2.45) is 5.92 Å². The smallest absolute Gasteiger partial charge is 0.185 e. The Bertz CT molecular complexity index is 827. The second-order valence-corrected chi connectivity index (χ2v) is 7.50. The maximum atomic E-state index is 6.47. The summed E-state index contributed by atoms with van der Waals surface area (Å²) in [6.07, 6.45) is 2.32. The Morgan fingerprint density at radius 1 is 1.04 bits per heavy atom. The summed E-state index contributed by atoms with van der Waals surface area (Å²) in [5.41, 5.74) is 4.37. The SMILES string of the molecule is CC(C)C1Oc2c(ccc3c2O[C@H](C)CN3)C=C1c1ccc(Cl)cc1. The molecule has 0 bridgehead atoms. The number of halogens is 1. The molecule has 4 rings (SSSR count). The molecule has 0 aliphatic carbocycles. The van der Waals surface area contributed by atoms with Crippen molar-refractivity contribution < 1.29 is 9.47 Å². The number of hydrogen-bond donors (Lipinski definition) is 1. The molecule has 0 saturated carbocycles. The van der Waals surface area contributed by atoms with Crippen LogP contribution < -0.4 is 14.8 Å². The predicted octanol–water partition coefficient (Wildman–Crippen LogP) is 5.49. The zero-order valence-electron chi connectivity index (χ0n) is 14.7. The first-order valence-corrected chi connectivity index (χ1v) is 9.12. The molecule has 3 nitrogen and oxygen atoms in total. The molecule has 1 unspecified atom stereocenters. The number of hydrogen-bond acceptors (Lipinski definition) is 3. The minimum atomic E-state index is -0.0268. The van der Waals surface area contributed by atoms with Gasteiger partial charge in [0, 0.05) is 16.2 Å². The van der Waals surface area contributed by atoms with E-state index in [1.165, 1.54) is 5.57 Å². The van der Waals surface area contributed by atoms with E-state index in [9.17, 15) is 0 Å². The highest BCUT2D eigenvalue weighted by molar-refractivity contribution is 6.30. The van der Waals surface area contributed by atoms with E-state index in [1.807, 2.05) is 12.1 Å². The molecule has 0 spiro atoms. The lowest BCUT2D eigenvalue weighted by atomic mass is 9.89. The zero-order valence-corrected chi connectivity index (χ0v) is 15.4. The minimum absolute atomic E-state index is 0.0268. The fraction of sp³-hybridized carbons (Fsp3) is 0.333. The van der Waals surface area contributed by atoms with Crippen molar-refractivity contribution in [1.29, 1.82) is 0 Å². The van der Waals surface area contributed by atoms with Gasteiger partial charge >= 0.3 is 0 Å². The molecule has 0 saturated heterocycles. The van der Waals surface area contributed by atoms with Gasteiger partial charge in [-0.2, -0.15) is 0 Å². The summed E-state index contributed by atoms with van der Waals surface area (Å²) in [6, 6.07) is 12.1. The Labute approximate surface area is 153 Å². The van der Waals surface area contributed by atoms with E-state index >= 15 is 0 Å². The van der Waals surface area contributed by atoms with Gasteiger partial charge in [-0.15, -0.1) is 0 Å². The van der Waals surface area contributed by atoms with Gasteiger partial charge in [-0.25, -0.2) is 0 Å². The van der Waals surface area contributed by atoms with Crippen molar-refractivity contribution in [2.45, 2.75) is 33.0 Å². The molecule has 2 heterocycles. The third kappa shape index (κ3) is 2.98. The first-order valence-electron chi connectivity index (χ1n) is 8.74. The van der Waals surface area contributed by atoms with Crippen LogP contribution >= 0.6 is 11.6 Å². The molecule has 130 valence electrons. The Hall–Kier alpha value is -2.13. The molecule has 0 radical (unpaired) electrons. The minimum Gasteiger partial charge on any atom is -0.483 e. The van der Waals surface area contributed by atoms with Crippen LogP contribution in [-0.4, -0.2) is 18.8 Å². The average molecular weight is 356 g/mol. The molecular formula is C21H22ClNO2. The Kier molecular flexibility index (Phi) is 4.12. The van der Waals surface area contributed by atoms with Gasteiger partial charge in [-0.05, 0) is 48.7 Å². The molecule has 2 aromatic carbocycles. The highest BCUT2D eigenvalue weighted by Gasteiger charge is 2.31. The van der Waals surface area contributed by atoms with Crippen molar-refractivity contribution in [2.75, 3.05) is 11.9 Å². The monoisotopic (exact) mass is 355 g/mol. The molecule has 2 aromatic rings. The van der Waals surface area contributed by atoms with Gasteiger partial charge in [0.25, 0.3) is 0 Å². The highest BCUT2D eigenvalue weighted by Crippen LogP contribution is 2.47. The van der Waals surface area contributed by atoms with Gasteiger partial charge in [-0.3, -0.25) is 0 Å². The summed E-state index contributed by atoms with van der Waals surface area (Å²) in [5, 5.41) is 4.16. The quantitative estimate of drug-likeness (QED) is 0.772. The summed E-state index contributed by atoms with van der Waals surface area (Å²) in [6.45, 7) is 7.23. The van der Waals surface area contributed by atoms with E-state index < -0.39 is 0 Å². The molecule has 25 heavy (non-hydrogen) atoms. The summed E-state index contributed by atoms with van der Waals surface area (Å²) >= 11 is 6.05. The van der Waals surface area contributed by atoms with Gasteiger partial charge in [0.2, 0.25) is 0 Å². The lowest BCUT2D eigenvalue weighted by Gasteiger charge is -2.34. The van der Waals surface area contributed by atoms with Crippen LogP contribution in [0.1, 0.15) is 31.9 Å². The van der Waals surface area contributed by atoms with E-state index in [4.69, 9.17) is 21.1 Å². The number of anilines is 1. The van der Waals surface area contributed by atoms with Gasteiger partial charge in [0.1, 0.15) is 12.2 Å². The maximum absolute atomic E-state index is 6.47. The maximum Gasteiger partial charge on any atom is 0.185 e. The summed E-state index contributed by atoms with van der Waals surface area (Å²) in [7, 11) is 0. The predicted molar refractivity (Wildman–Crippen MR) is 104 cm³/mol. The van der Waals surface area contributed by atoms with Gasteiger partial charge < -0.3 is 14.8 Å². The third-order valence-electron chi connectivity index (χ3n) is 4.69. The van der Waals surface area contributed by atoms with E-state index in [-0.39, 0.29) is 12.2 Å². The molecular weight excluding hydrogens is 334 g/mol. The van der Waals surface area contributed by atoms with Crippen LogP contribution in [-0.2, 0) is 0 Å². The van der Waals surface area contributed by atoms with E-state index in [1.54, 1.807) is 0 Å². The second-order valence-electron chi connectivity index (χ2n) is 7.06. The Morgan fingerprint density at radius 3 is 2.52 bits per heavy atom. The number of nitrogens with one attached hydrogen (secondary N) is 1. The van der Waals surface area contributed by atoms with Crippen LogP contribution in [0.3, 0.4) is 0 Å². The lowest BCUT2D eigenvalue weighted by molar-refractivity contribution is 0.173. The average Bonchev–Trinajstić information content (AvgIpc) is 2.61. The van der Waals surface area contributed by atoms with Gasteiger partial charge in [0.15, 0.2) is 11.5 Å². The van der Waals surface area contributed by atoms with Crippen LogP contribution in [0, 0.1) is 5.92 Å². The fourth-order valence-electron chi connectivity index (χ4n) is 3.39. The second kappa shape index (κ2) is 6.30. The third-order valence-corrected chi connectivity index (χ3v) is 4.94. The van der Waals surface area contributed by atoms with Crippen LogP contribution in [0.5, 0.6) is 11.5 Å².